The normalized spacial score (nSPS) is 14.7. The highest BCUT2D eigenvalue weighted by Crippen LogP contribution is 2.35. The Morgan fingerprint density at radius 3 is 2.54 bits per heavy atom. The lowest BCUT2D eigenvalue weighted by atomic mass is 10.0. The summed E-state index contributed by atoms with van der Waals surface area (Å²) in [5.74, 6) is -0.912. The monoisotopic (exact) mass is 553 g/mol. The van der Waals surface area contributed by atoms with Crippen LogP contribution in [0.15, 0.2) is 48.8 Å². The average Bonchev–Trinajstić information content (AvgIpc) is 3.44. The van der Waals surface area contributed by atoms with E-state index in [4.69, 9.17) is 16.3 Å². The van der Waals surface area contributed by atoms with Gasteiger partial charge >= 0.3 is 6.03 Å². The van der Waals surface area contributed by atoms with Crippen LogP contribution in [0, 0.1) is 18.6 Å². The summed E-state index contributed by atoms with van der Waals surface area (Å²) >= 11 is 6.48. The van der Waals surface area contributed by atoms with E-state index >= 15 is 0 Å². The maximum absolute atomic E-state index is 14.5. The zero-order valence-corrected chi connectivity index (χ0v) is 22.5. The highest BCUT2D eigenvalue weighted by Gasteiger charge is 2.40. The summed E-state index contributed by atoms with van der Waals surface area (Å²) in [6.07, 6.45) is 2.40. The van der Waals surface area contributed by atoms with Crippen LogP contribution in [-0.2, 0) is 11.4 Å². The Kier molecular flexibility index (Phi) is 6.98. The molecule has 8 nitrogen and oxygen atoms in total. The summed E-state index contributed by atoms with van der Waals surface area (Å²) in [7, 11) is 0. The van der Waals surface area contributed by atoms with Gasteiger partial charge in [-0.2, -0.15) is 5.10 Å². The van der Waals surface area contributed by atoms with Crippen LogP contribution in [0.4, 0.5) is 13.6 Å². The highest BCUT2D eigenvalue weighted by molar-refractivity contribution is 6.31. The molecule has 202 valence electrons. The van der Waals surface area contributed by atoms with Crippen molar-refractivity contribution in [1.29, 1.82) is 0 Å². The number of imide groups is 1. The zero-order valence-electron chi connectivity index (χ0n) is 21.8. The van der Waals surface area contributed by atoms with E-state index in [1.54, 1.807) is 39.0 Å². The van der Waals surface area contributed by atoms with Gasteiger partial charge in [0, 0.05) is 22.7 Å². The molecule has 1 saturated heterocycles. The van der Waals surface area contributed by atoms with Crippen molar-refractivity contribution in [1.82, 2.24) is 24.6 Å². The minimum absolute atomic E-state index is 0.0525. The fourth-order valence-electron chi connectivity index (χ4n) is 4.88. The first kappa shape index (κ1) is 26.6. The van der Waals surface area contributed by atoms with Crippen molar-refractivity contribution in [3.8, 4) is 11.4 Å². The van der Waals surface area contributed by atoms with Gasteiger partial charge in [-0.3, -0.25) is 9.69 Å². The van der Waals surface area contributed by atoms with E-state index in [9.17, 15) is 18.4 Å². The van der Waals surface area contributed by atoms with Crippen molar-refractivity contribution in [2.75, 3.05) is 6.54 Å². The summed E-state index contributed by atoms with van der Waals surface area (Å²) in [4.78, 5) is 32.7. The maximum Gasteiger partial charge on any atom is 0.327 e. The van der Waals surface area contributed by atoms with E-state index < -0.39 is 23.7 Å². The van der Waals surface area contributed by atoms with Gasteiger partial charge in [0.05, 0.1) is 29.1 Å². The molecule has 39 heavy (non-hydrogen) atoms. The Morgan fingerprint density at radius 1 is 1.10 bits per heavy atom. The van der Waals surface area contributed by atoms with E-state index in [1.165, 1.54) is 32.8 Å². The first-order valence-corrected chi connectivity index (χ1v) is 12.8. The largest absolute Gasteiger partial charge is 0.487 e. The van der Waals surface area contributed by atoms with Gasteiger partial charge in [-0.1, -0.05) is 23.7 Å². The van der Waals surface area contributed by atoms with Crippen molar-refractivity contribution in [2.45, 2.75) is 46.4 Å². The molecular formula is C28H26ClF2N5O3. The summed E-state index contributed by atoms with van der Waals surface area (Å²) in [5, 5.41) is 4.90. The molecular weight excluding hydrogens is 528 g/mol. The summed E-state index contributed by atoms with van der Waals surface area (Å²) in [5.41, 5.74) is 2.75. The van der Waals surface area contributed by atoms with Gasteiger partial charge in [0.15, 0.2) is 5.82 Å². The molecule has 11 heteroatoms. The van der Waals surface area contributed by atoms with Crippen LogP contribution in [0.1, 0.15) is 43.6 Å². The van der Waals surface area contributed by atoms with E-state index in [1.807, 2.05) is 13.0 Å². The minimum atomic E-state index is -0.647. The molecule has 0 bridgehead atoms. The second-order valence-electron chi connectivity index (χ2n) is 9.73. The quantitative estimate of drug-likeness (QED) is 0.263. The van der Waals surface area contributed by atoms with Gasteiger partial charge in [0.1, 0.15) is 30.2 Å². The average molecular weight is 554 g/mol. The number of carbonyl (C=O) groups excluding carboxylic acids is 2. The fourth-order valence-corrected chi connectivity index (χ4v) is 5.15. The predicted octanol–water partition coefficient (Wildman–Crippen LogP) is 5.97. The molecule has 1 aliphatic heterocycles. The molecule has 2 aromatic carbocycles. The molecule has 2 aromatic heterocycles. The molecule has 0 unspecified atom stereocenters. The number of para-hydroxylation sites is 1. The molecule has 3 amide bonds. The SMILES string of the molecule is Cc1cc(-n2cc(F)cn2)c2cccc(OCc3c(Cl)cc(F)cc3[C@H](C)N3CC(=O)N(C(C)C)C3=O)c2n1. The molecule has 0 aliphatic carbocycles. The molecule has 0 radical (unpaired) electrons. The topological polar surface area (TPSA) is 80.6 Å². The van der Waals surface area contributed by atoms with E-state index in [-0.39, 0.29) is 30.1 Å². The van der Waals surface area contributed by atoms with Gasteiger partial charge in [-0.15, -0.1) is 0 Å². The van der Waals surface area contributed by atoms with Crippen LogP contribution in [0.5, 0.6) is 5.75 Å². The Balaban J connectivity index is 1.50. The Hall–Kier alpha value is -4.05. The van der Waals surface area contributed by atoms with Crippen LogP contribution in [0.3, 0.4) is 0 Å². The number of urea groups is 1. The molecule has 0 N–H and O–H groups in total. The highest BCUT2D eigenvalue weighted by atomic mass is 35.5. The Labute approximate surface area is 228 Å². The number of fused-ring (bicyclic) bond motifs is 1. The number of carbonyl (C=O) groups is 2. The minimum Gasteiger partial charge on any atom is -0.487 e. The third-order valence-electron chi connectivity index (χ3n) is 6.73. The van der Waals surface area contributed by atoms with E-state index in [0.29, 0.717) is 39.2 Å². The van der Waals surface area contributed by atoms with Crippen LogP contribution < -0.4 is 4.74 Å². The summed E-state index contributed by atoms with van der Waals surface area (Å²) in [6, 6.07) is 8.26. The van der Waals surface area contributed by atoms with Gasteiger partial charge in [-0.25, -0.2) is 23.2 Å². The van der Waals surface area contributed by atoms with Gasteiger partial charge < -0.3 is 9.64 Å². The van der Waals surface area contributed by atoms with Gasteiger partial charge in [-0.05, 0) is 57.5 Å². The summed E-state index contributed by atoms with van der Waals surface area (Å²) < 4.78 is 35.8. The number of ether oxygens (including phenoxy) is 1. The number of aryl methyl sites for hydroxylation is 1. The van der Waals surface area contributed by atoms with Crippen molar-refractivity contribution < 1.29 is 23.1 Å². The van der Waals surface area contributed by atoms with Crippen molar-refractivity contribution in [2.24, 2.45) is 0 Å². The van der Waals surface area contributed by atoms with Gasteiger partial charge in [0.2, 0.25) is 0 Å². The molecule has 0 saturated carbocycles. The van der Waals surface area contributed by atoms with E-state index in [2.05, 4.69) is 10.1 Å². The number of halogens is 3. The lowest BCUT2D eigenvalue weighted by molar-refractivity contribution is -0.126. The number of amides is 3. The van der Waals surface area contributed by atoms with Crippen molar-refractivity contribution >= 4 is 34.4 Å². The van der Waals surface area contributed by atoms with Crippen LogP contribution in [0.2, 0.25) is 5.02 Å². The Bertz CT molecular complexity index is 1610. The molecule has 5 rings (SSSR count). The molecule has 1 aliphatic rings. The summed E-state index contributed by atoms with van der Waals surface area (Å²) in [6.45, 7) is 6.89. The number of nitrogens with zero attached hydrogens (tertiary/aromatic N) is 5. The second-order valence-corrected chi connectivity index (χ2v) is 10.1. The first-order chi connectivity index (χ1) is 18.5. The Morgan fingerprint density at radius 2 is 1.87 bits per heavy atom. The molecule has 4 aromatic rings. The standard InChI is InChI=1S/C28H26ClF2N5O3/c1-15(2)36-26(37)13-34(28(36)38)17(4)21-9-18(30)10-23(29)22(21)14-39-25-7-5-6-20-24(8-16(3)33-27(20)25)35-12-19(31)11-32-35/h5-12,15,17H,13-14H2,1-4H3/t17-/m0/s1. The number of hydrogen-bond acceptors (Lipinski definition) is 5. The number of aromatic nitrogens is 3. The maximum atomic E-state index is 14.5. The van der Waals surface area contributed by atoms with Crippen molar-refractivity contribution in [3.63, 3.8) is 0 Å². The van der Waals surface area contributed by atoms with E-state index in [0.717, 1.165) is 6.20 Å². The third kappa shape index (κ3) is 4.92. The van der Waals surface area contributed by atoms with Crippen LogP contribution in [-0.4, -0.2) is 49.1 Å². The smallest absolute Gasteiger partial charge is 0.327 e. The molecule has 1 fully saturated rings. The number of hydrogen-bond donors (Lipinski definition) is 0. The molecule has 0 spiro atoms. The number of benzene rings is 2. The zero-order chi connectivity index (χ0) is 28.0. The molecule has 1 atom stereocenters. The fraction of sp³-hybridized carbons (Fsp3) is 0.286. The number of pyridine rings is 1. The lowest BCUT2D eigenvalue weighted by Gasteiger charge is -2.27. The lowest BCUT2D eigenvalue weighted by Crippen LogP contribution is -2.38. The third-order valence-corrected chi connectivity index (χ3v) is 7.07. The van der Waals surface area contributed by atoms with Crippen molar-refractivity contribution in [3.05, 3.63) is 82.3 Å². The second kappa shape index (κ2) is 10.3. The molecule has 3 heterocycles. The van der Waals surface area contributed by atoms with Crippen LogP contribution >= 0.6 is 11.6 Å². The van der Waals surface area contributed by atoms with Crippen LogP contribution in [0.25, 0.3) is 16.6 Å². The predicted molar refractivity (Wildman–Crippen MR) is 142 cm³/mol. The number of rotatable bonds is 7. The first-order valence-electron chi connectivity index (χ1n) is 12.4. The van der Waals surface area contributed by atoms with Gasteiger partial charge in [0.25, 0.3) is 5.91 Å².